The van der Waals surface area contributed by atoms with Crippen LogP contribution in [0.2, 0.25) is 0 Å². The van der Waals surface area contributed by atoms with Crippen molar-refractivity contribution in [3.8, 4) is 11.4 Å². The number of fused-ring (bicyclic) bond motifs is 1. The Morgan fingerprint density at radius 1 is 1.12 bits per heavy atom. The summed E-state index contributed by atoms with van der Waals surface area (Å²) >= 11 is 0. The molecule has 0 bridgehead atoms. The van der Waals surface area contributed by atoms with Crippen LogP contribution in [0.3, 0.4) is 0 Å². The van der Waals surface area contributed by atoms with Gasteiger partial charge in [-0.15, -0.1) is 0 Å². The molecule has 5 heteroatoms. The van der Waals surface area contributed by atoms with E-state index in [9.17, 15) is 4.79 Å². The number of nitrogens with two attached hydrogens (primary N) is 1. The second kappa shape index (κ2) is 6.35. The minimum absolute atomic E-state index is 0.0596. The lowest BCUT2D eigenvalue weighted by atomic mass is 10.1. The van der Waals surface area contributed by atoms with E-state index in [0.717, 1.165) is 22.4 Å². The molecule has 3 aromatic rings. The summed E-state index contributed by atoms with van der Waals surface area (Å²) < 4.78 is 2.04. The smallest absolute Gasteiger partial charge is 0.253 e. The van der Waals surface area contributed by atoms with Gasteiger partial charge in [0, 0.05) is 37.0 Å². The molecule has 0 saturated carbocycles. The van der Waals surface area contributed by atoms with Crippen molar-refractivity contribution in [3.05, 3.63) is 48.0 Å². The van der Waals surface area contributed by atoms with Crippen molar-refractivity contribution >= 4 is 22.6 Å². The van der Waals surface area contributed by atoms with Crippen LogP contribution < -0.4 is 5.73 Å². The largest absolute Gasteiger partial charge is 0.399 e. The number of nitrogen functional groups attached to an aromatic ring is 1. The van der Waals surface area contributed by atoms with Gasteiger partial charge in [0.25, 0.3) is 5.91 Å². The van der Waals surface area contributed by atoms with Gasteiger partial charge in [0.2, 0.25) is 0 Å². The zero-order chi connectivity index (χ0) is 17.3. The van der Waals surface area contributed by atoms with Crippen LogP contribution in [0.15, 0.2) is 42.5 Å². The van der Waals surface area contributed by atoms with E-state index in [1.807, 2.05) is 72.8 Å². The molecule has 24 heavy (non-hydrogen) atoms. The Balaban J connectivity index is 1.97. The van der Waals surface area contributed by atoms with Crippen LogP contribution in [0.25, 0.3) is 22.4 Å². The molecule has 0 spiro atoms. The summed E-state index contributed by atoms with van der Waals surface area (Å²) in [5, 5.41) is 0. The van der Waals surface area contributed by atoms with Gasteiger partial charge in [-0.05, 0) is 44.2 Å². The van der Waals surface area contributed by atoms with E-state index >= 15 is 0 Å². The normalized spacial score (nSPS) is 11.0. The van der Waals surface area contributed by atoms with Gasteiger partial charge < -0.3 is 15.2 Å². The lowest BCUT2D eigenvalue weighted by Crippen LogP contribution is -2.30. The fraction of sp³-hybridized carbons (Fsp3) is 0.263. The Morgan fingerprint density at radius 2 is 1.79 bits per heavy atom. The van der Waals surface area contributed by atoms with E-state index in [1.54, 1.807) is 0 Å². The van der Waals surface area contributed by atoms with Gasteiger partial charge in [-0.25, -0.2) is 4.98 Å². The van der Waals surface area contributed by atoms with Crippen molar-refractivity contribution in [2.75, 3.05) is 18.8 Å². The quantitative estimate of drug-likeness (QED) is 0.750. The summed E-state index contributed by atoms with van der Waals surface area (Å²) in [7, 11) is 1.98. The molecule has 0 radical (unpaired) electrons. The summed E-state index contributed by atoms with van der Waals surface area (Å²) in [5.41, 5.74) is 10.1. The van der Waals surface area contributed by atoms with E-state index in [-0.39, 0.29) is 5.91 Å². The van der Waals surface area contributed by atoms with Crippen LogP contribution in [-0.2, 0) is 7.05 Å². The van der Waals surface area contributed by atoms with E-state index < -0.39 is 0 Å². The van der Waals surface area contributed by atoms with E-state index in [1.165, 1.54) is 0 Å². The van der Waals surface area contributed by atoms with Gasteiger partial charge in [-0.1, -0.05) is 12.1 Å². The van der Waals surface area contributed by atoms with Crippen LogP contribution in [0.1, 0.15) is 24.2 Å². The van der Waals surface area contributed by atoms with Crippen molar-refractivity contribution in [1.29, 1.82) is 0 Å². The zero-order valence-electron chi connectivity index (χ0n) is 14.3. The van der Waals surface area contributed by atoms with Crippen LogP contribution >= 0.6 is 0 Å². The number of anilines is 1. The number of nitrogens with zero attached hydrogens (tertiary/aromatic N) is 3. The highest BCUT2D eigenvalue weighted by atomic mass is 16.2. The Hall–Kier alpha value is -2.82. The first-order chi connectivity index (χ1) is 11.5. The fourth-order valence-electron chi connectivity index (χ4n) is 2.93. The number of amides is 1. The highest BCUT2D eigenvalue weighted by Crippen LogP contribution is 2.25. The molecule has 0 unspecified atom stereocenters. The van der Waals surface area contributed by atoms with Crippen LogP contribution in [0.5, 0.6) is 0 Å². The number of rotatable bonds is 4. The lowest BCUT2D eigenvalue weighted by Gasteiger charge is -2.18. The average molecular weight is 322 g/mol. The minimum atomic E-state index is 0.0596. The van der Waals surface area contributed by atoms with Gasteiger partial charge in [0.05, 0.1) is 11.0 Å². The van der Waals surface area contributed by atoms with Crippen LogP contribution in [0.4, 0.5) is 5.69 Å². The number of aryl methyl sites for hydroxylation is 1. The van der Waals surface area contributed by atoms with Gasteiger partial charge >= 0.3 is 0 Å². The number of imidazole rings is 1. The van der Waals surface area contributed by atoms with E-state index in [2.05, 4.69) is 4.98 Å². The number of aromatic nitrogens is 2. The number of carbonyl (C=O) groups excluding carboxylic acids is 1. The second-order valence-corrected chi connectivity index (χ2v) is 5.80. The summed E-state index contributed by atoms with van der Waals surface area (Å²) in [5.74, 6) is 0.918. The lowest BCUT2D eigenvalue weighted by molar-refractivity contribution is 0.0773. The van der Waals surface area contributed by atoms with Crippen molar-refractivity contribution in [3.63, 3.8) is 0 Å². The summed E-state index contributed by atoms with van der Waals surface area (Å²) in [6.07, 6.45) is 0. The molecule has 0 aliphatic heterocycles. The fourth-order valence-corrected chi connectivity index (χ4v) is 2.93. The first kappa shape index (κ1) is 16.1. The third-order valence-corrected chi connectivity index (χ3v) is 4.35. The third-order valence-electron chi connectivity index (χ3n) is 4.35. The average Bonchev–Trinajstić information content (AvgIpc) is 2.92. The van der Waals surface area contributed by atoms with Crippen molar-refractivity contribution in [1.82, 2.24) is 14.5 Å². The summed E-state index contributed by atoms with van der Waals surface area (Å²) in [6.45, 7) is 5.40. The maximum Gasteiger partial charge on any atom is 0.253 e. The number of hydrogen-bond acceptors (Lipinski definition) is 3. The Bertz CT molecular complexity index is 876. The molecule has 1 amide bonds. The third kappa shape index (κ3) is 2.73. The molecule has 0 aliphatic carbocycles. The van der Waals surface area contributed by atoms with Crippen molar-refractivity contribution in [2.45, 2.75) is 13.8 Å². The molecule has 0 saturated heterocycles. The molecular formula is C19H22N4O. The van der Waals surface area contributed by atoms with E-state index in [4.69, 9.17) is 5.73 Å². The predicted molar refractivity (Wildman–Crippen MR) is 97.8 cm³/mol. The predicted octanol–water partition coefficient (Wildman–Crippen LogP) is 3.30. The van der Waals surface area contributed by atoms with Crippen LogP contribution in [-0.4, -0.2) is 33.4 Å². The number of hydrogen-bond donors (Lipinski definition) is 1. The Kier molecular flexibility index (Phi) is 4.25. The molecule has 0 fully saturated rings. The monoisotopic (exact) mass is 322 g/mol. The van der Waals surface area contributed by atoms with Gasteiger partial charge in [0.15, 0.2) is 0 Å². The first-order valence-electron chi connectivity index (χ1n) is 8.16. The Morgan fingerprint density at radius 3 is 2.42 bits per heavy atom. The zero-order valence-corrected chi connectivity index (χ0v) is 14.3. The van der Waals surface area contributed by atoms with Crippen molar-refractivity contribution < 1.29 is 4.79 Å². The van der Waals surface area contributed by atoms with Gasteiger partial charge in [-0.3, -0.25) is 4.79 Å². The van der Waals surface area contributed by atoms with Crippen molar-refractivity contribution in [2.24, 2.45) is 7.05 Å². The standard InChI is InChI=1S/C19H22N4O/c1-4-23(5-2)19(24)14-8-6-13(7-9-14)18-21-16-12-15(20)10-11-17(16)22(18)3/h6-12H,4-5,20H2,1-3H3. The highest BCUT2D eigenvalue weighted by molar-refractivity contribution is 5.94. The molecule has 0 atom stereocenters. The summed E-state index contributed by atoms with van der Waals surface area (Å²) in [4.78, 5) is 18.9. The summed E-state index contributed by atoms with van der Waals surface area (Å²) in [6, 6.07) is 13.3. The first-order valence-corrected chi connectivity index (χ1v) is 8.16. The molecule has 2 N–H and O–H groups in total. The highest BCUT2D eigenvalue weighted by Gasteiger charge is 2.14. The minimum Gasteiger partial charge on any atom is -0.399 e. The molecule has 2 aromatic carbocycles. The molecular weight excluding hydrogens is 300 g/mol. The van der Waals surface area contributed by atoms with Gasteiger partial charge in [-0.2, -0.15) is 0 Å². The SMILES string of the molecule is CCN(CC)C(=O)c1ccc(-c2nc3cc(N)ccc3n2C)cc1. The second-order valence-electron chi connectivity index (χ2n) is 5.80. The van der Waals surface area contributed by atoms with E-state index in [0.29, 0.717) is 24.3 Å². The molecule has 1 heterocycles. The molecule has 3 rings (SSSR count). The molecule has 1 aromatic heterocycles. The molecule has 0 aliphatic rings. The molecule has 5 nitrogen and oxygen atoms in total. The maximum absolute atomic E-state index is 12.4. The van der Waals surface area contributed by atoms with Gasteiger partial charge in [0.1, 0.15) is 5.82 Å². The number of benzene rings is 2. The number of carbonyl (C=O) groups is 1. The topological polar surface area (TPSA) is 64.2 Å². The Labute approximate surface area is 141 Å². The van der Waals surface area contributed by atoms with Crippen LogP contribution in [0, 0.1) is 0 Å². The maximum atomic E-state index is 12.4. The molecule has 124 valence electrons.